The number of hydrogen-bond acceptors (Lipinski definition) is 8. The molecule has 0 aliphatic heterocycles. The van der Waals surface area contributed by atoms with Crippen LogP contribution >= 0.6 is 7.82 Å². The summed E-state index contributed by atoms with van der Waals surface area (Å²) in [4.78, 5) is 92.9. The predicted molar refractivity (Wildman–Crippen MR) is 169 cm³/mol. The van der Waals surface area contributed by atoms with E-state index in [1.807, 2.05) is 6.92 Å². The van der Waals surface area contributed by atoms with E-state index in [1.54, 1.807) is 37.3 Å². The lowest BCUT2D eigenvalue weighted by Crippen LogP contribution is -2.56. The van der Waals surface area contributed by atoms with Gasteiger partial charge in [0.25, 0.3) is 0 Å². The minimum Gasteiger partial charge on any atom is -0.404 e. The molecule has 0 spiro atoms. The van der Waals surface area contributed by atoms with Crippen LogP contribution in [-0.2, 0) is 46.2 Å². The lowest BCUT2D eigenvalue weighted by molar-refractivity contribution is -0.133. The number of carbonyl (C=O) groups is 6. The summed E-state index contributed by atoms with van der Waals surface area (Å²) in [7, 11) is -4.80. The van der Waals surface area contributed by atoms with Gasteiger partial charge in [0, 0.05) is 19.8 Å². The zero-order valence-corrected chi connectivity index (χ0v) is 27.1. The van der Waals surface area contributed by atoms with E-state index in [-0.39, 0.29) is 24.5 Å². The molecular weight excluding hydrogens is 635 g/mol. The number of phosphoric ester groups is 1. The van der Waals surface area contributed by atoms with E-state index in [4.69, 9.17) is 15.5 Å². The summed E-state index contributed by atoms with van der Waals surface area (Å²) in [5.74, 6) is -4.46. The third-order valence-corrected chi connectivity index (χ3v) is 7.35. The third-order valence-electron chi connectivity index (χ3n) is 6.91. The van der Waals surface area contributed by atoms with Crippen LogP contribution in [0.2, 0.25) is 0 Å². The Morgan fingerprint density at radius 3 is 1.91 bits per heavy atom. The molecule has 2 rings (SSSR count). The molecule has 16 nitrogen and oxygen atoms in total. The van der Waals surface area contributed by atoms with Crippen LogP contribution in [0, 0.1) is 5.92 Å². The Bertz CT molecular complexity index is 1450. The molecule has 9 N–H and O–H groups in total. The molecule has 17 heteroatoms. The van der Waals surface area contributed by atoms with Crippen molar-refractivity contribution in [3.05, 3.63) is 65.7 Å². The maximum atomic E-state index is 13.2. The second-order valence-electron chi connectivity index (χ2n) is 10.8. The topological polar surface area (TPSA) is 255 Å². The summed E-state index contributed by atoms with van der Waals surface area (Å²) >= 11 is 0. The molecule has 6 amide bonds. The summed E-state index contributed by atoms with van der Waals surface area (Å²) in [6.45, 7) is 3.75. The van der Waals surface area contributed by atoms with Gasteiger partial charge in [0.05, 0.1) is 13.1 Å². The van der Waals surface area contributed by atoms with Crippen LogP contribution in [0.1, 0.15) is 38.3 Å². The maximum Gasteiger partial charge on any atom is 0.524 e. The van der Waals surface area contributed by atoms with Crippen LogP contribution in [-0.4, -0.2) is 76.4 Å². The molecule has 0 aliphatic carbocycles. The fourth-order valence-electron chi connectivity index (χ4n) is 4.30. The van der Waals surface area contributed by atoms with Crippen LogP contribution in [0.3, 0.4) is 0 Å². The normalized spacial score (nSPS) is 13.6. The van der Waals surface area contributed by atoms with Crippen LogP contribution in [0.25, 0.3) is 0 Å². The van der Waals surface area contributed by atoms with E-state index in [1.165, 1.54) is 31.2 Å². The number of phosphoric acid groups is 1. The van der Waals surface area contributed by atoms with Gasteiger partial charge >= 0.3 is 7.82 Å². The average Bonchev–Trinajstić information content (AvgIpc) is 3.00. The van der Waals surface area contributed by atoms with Gasteiger partial charge < -0.3 is 36.8 Å². The zero-order chi connectivity index (χ0) is 35.1. The van der Waals surface area contributed by atoms with Gasteiger partial charge in [0.15, 0.2) is 0 Å². The summed E-state index contributed by atoms with van der Waals surface area (Å²) in [6.07, 6.45) is 0.579. The van der Waals surface area contributed by atoms with Crippen molar-refractivity contribution in [3.8, 4) is 5.75 Å². The highest BCUT2D eigenvalue weighted by atomic mass is 31.2. The standard InChI is InChI=1S/C30H41N6O10P/c1-4-18(2)27(34-19(3)37)30(42)36-24(15-21-10-12-22(13-11-21)46-47(43,44)45)29(41)33-16-25(38)32-17-26(39)35-23(28(31)40)14-20-8-6-5-7-9-20/h5-13,18,23-24,27H,4,14-17H2,1-3H3,(H2,31,40)(H,32,38)(H,33,41)(H,34,37)(H,35,39)(H,36,42)(H2,43,44,45)/t18-,23+,24+,27-/m0/s1. The molecule has 2 aromatic rings. The Morgan fingerprint density at radius 2 is 1.36 bits per heavy atom. The summed E-state index contributed by atoms with van der Waals surface area (Å²) < 4.78 is 15.6. The quantitative estimate of drug-likeness (QED) is 0.0911. The van der Waals surface area contributed by atoms with Crippen molar-refractivity contribution >= 4 is 43.3 Å². The van der Waals surface area contributed by atoms with Gasteiger partial charge in [-0.1, -0.05) is 62.7 Å². The average molecular weight is 677 g/mol. The van der Waals surface area contributed by atoms with Gasteiger partial charge in [-0.3, -0.25) is 38.6 Å². The van der Waals surface area contributed by atoms with Crippen molar-refractivity contribution in [1.82, 2.24) is 26.6 Å². The van der Waals surface area contributed by atoms with Crippen LogP contribution in [0.4, 0.5) is 0 Å². The molecule has 0 aliphatic rings. The molecule has 2 aromatic carbocycles. The number of nitrogens with two attached hydrogens (primary N) is 1. The number of nitrogens with one attached hydrogen (secondary N) is 5. The zero-order valence-electron chi connectivity index (χ0n) is 26.2. The first-order valence-electron chi connectivity index (χ1n) is 14.7. The number of primary amides is 1. The summed E-state index contributed by atoms with van der Waals surface area (Å²) in [6, 6.07) is 11.1. The highest BCUT2D eigenvalue weighted by Crippen LogP contribution is 2.37. The molecule has 0 bridgehead atoms. The van der Waals surface area contributed by atoms with Crippen molar-refractivity contribution in [3.63, 3.8) is 0 Å². The van der Waals surface area contributed by atoms with Gasteiger partial charge in [-0.2, -0.15) is 0 Å². The number of amides is 6. The Morgan fingerprint density at radius 1 is 0.787 bits per heavy atom. The van der Waals surface area contributed by atoms with Crippen LogP contribution in [0.15, 0.2) is 54.6 Å². The van der Waals surface area contributed by atoms with Gasteiger partial charge in [0.1, 0.15) is 23.9 Å². The molecule has 0 radical (unpaired) electrons. The first-order chi connectivity index (χ1) is 22.1. The summed E-state index contributed by atoms with van der Waals surface area (Å²) in [5, 5.41) is 12.4. The lowest BCUT2D eigenvalue weighted by atomic mass is 9.97. The first kappa shape index (κ1) is 38.4. The number of carbonyl (C=O) groups excluding carboxylic acids is 6. The molecule has 0 heterocycles. The Hall–Kier alpha value is -4.79. The maximum absolute atomic E-state index is 13.2. The third kappa shape index (κ3) is 14.5. The second-order valence-corrected chi connectivity index (χ2v) is 11.9. The van der Waals surface area contributed by atoms with Gasteiger partial charge in [-0.05, 0) is 29.2 Å². The molecule has 0 unspecified atom stereocenters. The second kappa shape index (κ2) is 18.4. The fraction of sp³-hybridized carbons (Fsp3) is 0.400. The molecule has 4 atom stereocenters. The molecule has 0 saturated carbocycles. The highest BCUT2D eigenvalue weighted by Gasteiger charge is 2.30. The van der Waals surface area contributed by atoms with Crippen LogP contribution in [0.5, 0.6) is 5.75 Å². The van der Waals surface area contributed by atoms with E-state index in [9.17, 15) is 33.3 Å². The van der Waals surface area contributed by atoms with Crippen LogP contribution < -0.4 is 36.8 Å². The van der Waals surface area contributed by atoms with E-state index < -0.39 is 74.5 Å². The summed E-state index contributed by atoms with van der Waals surface area (Å²) in [5.41, 5.74) is 6.64. The largest absolute Gasteiger partial charge is 0.524 e. The molecule has 256 valence electrons. The smallest absolute Gasteiger partial charge is 0.404 e. The molecule has 0 fully saturated rings. The molecule has 0 aromatic heterocycles. The van der Waals surface area contributed by atoms with Gasteiger partial charge in [-0.15, -0.1) is 0 Å². The predicted octanol–water partition coefficient (Wildman–Crippen LogP) is -0.819. The van der Waals surface area contributed by atoms with E-state index in [2.05, 4.69) is 31.1 Å². The van der Waals surface area contributed by atoms with Crippen molar-refractivity contribution in [2.24, 2.45) is 11.7 Å². The van der Waals surface area contributed by atoms with E-state index in [0.717, 1.165) is 5.56 Å². The molecular formula is C30H41N6O10P. The van der Waals surface area contributed by atoms with Gasteiger partial charge in [0.2, 0.25) is 35.4 Å². The SMILES string of the molecule is CC[C@H](C)[C@H](NC(C)=O)C(=O)N[C@H](Cc1ccc(OP(=O)(O)O)cc1)C(=O)NCC(=O)NCC(=O)N[C@H](Cc1ccccc1)C(N)=O. The number of benzene rings is 2. The molecule has 0 saturated heterocycles. The first-order valence-corrected chi connectivity index (χ1v) is 16.2. The van der Waals surface area contributed by atoms with Crippen molar-refractivity contribution < 1.29 is 47.6 Å². The van der Waals surface area contributed by atoms with Crippen molar-refractivity contribution in [2.45, 2.75) is 58.2 Å². The van der Waals surface area contributed by atoms with Crippen molar-refractivity contribution in [2.75, 3.05) is 13.1 Å². The minimum absolute atomic E-state index is 0.110. The number of hydrogen-bond donors (Lipinski definition) is 8. The van der Waals surface area contributed by atoms with E-state index >= 15 is 0 Å². The fourth-order valence-corrected chi connectivity index (χ4v) is 4.70. The van der Waals surface area contributed by atoms with Crippen molar-refractivity contribution in [1.29, 1.82) is 0 Å². The lowest BCUT2D eigenvalue weighted by Gasteiger charge is -2.26. The Kier molecular flexibility index (Phi) is 15.0. The minimum atomic E-state index is -4.80. The highest BCUT2D eigenvalue weighted by molar-refractivity contribution is 7.46. The molecule has 47 heavy (non-hydrogen) atoms. The monoisotopic (exact) mass is 676 g/mol. The van der Waals surface area contributed by atoms with Gasteiger partial charge in [-0.25, -0.2) is 4.57 Å². The Balaban J connectivity index is 2.06. The number of rotatable bonds is 18. The van der Waals surface area contributed by atoms with E-state index in [0.29, 0.717) is 12.0 Å². The Labute approximate surface area is 271 Å².